The lowest BCUT2D eigenvalue weighted by Gasteiger charge is -2.25. The van der Waals surface area contributed by atoms with Crippen molar-refractivity contribution in [2.75, 3.05) is 0 Å². The first kappa shape index (κ1) is 10.9. The molecule has 88 valence electrons. The first-order valence-electron chi connectivity index (χ1n) is 5.26. The van der Waals surface area contributed by atoms with Crippen LogP contribution in [-0.4, -0.2) is 27.3 Å². The number of nitrogens with two attached hydrogens (primary N) is 1. The second-order valence-electron chi connectivity index (χ2n) is 3.97. The van der Waals surface area contributed by atoms with Gasteiger partial charge < -0.3 is 10.5 Å². The van der Waals surface area contributed by atoms with Crippen molar-refractivity contribution >= 4 is 0 Å². The third kappa shape index (κ3) is 2.48. The molecule has 1 aromatic rings. The lowest BCUT2D eigenvalue weighted by molar-refractivity contribution is 0.137. The fourth-order valence-corrected chi connectivity index (χ4v) is 1.78. The first-order chi connectivity index (χ1) is 7.65. The van der Waals surface area contributed by atoms with Crippen LogP contribution in [0.15, 0.2) is 9.59 Å². The highest BCUT2D eigenvalue weighted by Gasteiger charge is 2.21. The fraction of sp³-hybridized carbons (Fsp3) is 0.667. The predicted molar refractivity (Wildman–Crippen MR) is 56.3 cm³/mol. The van der Waals surface area contributed by atoms with Gasteiger partial charge in [0.15, 0.2) is 0 Å². The summed E-state index contributed by atoms with van der Waals surface area (Å²) in [5, 5.41) is 5.68. The van der Waals surface area contributed by atoms with E-state index in [-0.39, 0.29) is 18.0 Å². The third-order valence-electron chi connectivity index (χ3n) is 2.68. The molecule has 0 unspecified atom stereocenters. The third-order valence-corrected chi connectivity index (χ3v) is 2.68. The van der Waals surface area contributed by atoms with Crippen LogP contribution >= 0.6 is 0 Å². The quantitative estimate of drug-likeness (QED) is 0.605. The summed E-state index contributed by atoms with van der Waals surface area (Å²) in [5.74, 6) is -0.0833. The van der Waals surface area contributed by atoms with Gasteiger partial charge in [0.2, 0.25) is 0 Å². The Hall–Kier alpha value is -1.63. The SMILES string of the molecule is NC1CCC(Oc2n[nH]c(=O)[nH]c2=O)CC1. The Labute approximate surface area is 91.0 Å². The van der Waals surface area contributed by atoms with Gasteiger partial charge in [-0.2, -0.15) is 0 Å². The molecule has 1 fully saturated rings. The summed E-state index contributed by atoms with van der Waals surface area (Å²) in [7, 11) is 0. The van der Waals surface area contributed by atoms with E-state index in [2.05, 4.69) is 15.2 Å². The summed E-state index contributed by atoms with van der Waals surface area (Å²) < 4.78 is 5.41. The first-order valence-corrected chi connectivity index (χ1v) is 5.26. The number of nitrogens with one attached hydrogen (secondary N) is 2. The molecule has 0 radical (unpaired) electrons. The number of aromatic nitrogens is 3. The van der Waals surface area contributed by atoms with Gasteiger partial charge in [0.05, 0.1) is 0 Å². The Morgan fingerprint density at radius 2 is 1.94 bits per heavy atom. The molecule has 7 heteroatoms. The zero-order chi connectivity index (χ0) is 11.5. The highest BCUT2D eigenvalue weighted by Crippen LogP contribution is 2.19. The second-order valence-corrected chi connectivity index (χ2v) is 3.97. The number of hydrogen-bond acceptors (Lipinski definition) is 5. The van der Waals surface area contributed by atoms with Crippen LogP contribution in [-0.2, 0) is 0 Å². The van der Waals surface area contributed by atoms with Gasteiger partial charge in [0.25, 0.3) is 5.88 Å². The van der Waals surface area contributed by atoms with Gasteiger partial charge in [0, 0.05) is 6.04 Å². The van der Waals surface area contributed by atoms with Crippen molar-refractivity contribution in [2.45, 2.75) is 37.8 Å². The molecule has 1 saturated carbocycles. The van der Waals surface area contributed by atoms with Gasteiger partial charge in [-0.15, -0.1) is 5.10 Å². The molecule has 0 atom stereocenters. The molecular weight excluding hydrogens is 212 g/mol. The molecule has 0 bridgehead atoms. The van der Waals surface area contributed by atoms with E-state index >= 15 is 0 Å². The molecule has 1 aliphatic carbocycles. The minimum atomic E-state index is -0.636. The molecule has 0 saturated heterocycles. The van der Waals surface area contributed by atoms with Crippen molar-refractivity contribution in [3.63, 3.8) is 0 Å². The van der Waals surface area contributed by atoms with E-state index in [4.69, 9.17) is 10.5 Å². The van der Waals surface area contributed by atoms with Gasteiger partial charge in [-0.05, 0) is 25.7 Å². The maximum absolute atomic E-state index is 11.3. The van der Waals surface area contributed by atoms with Crippen LogP contribution in [0, 0.1) is 0 Å². The Morgan fingerprint density at radius 1 is 1.25 bits per heavy atom. The average Bonchev–Trinajstić information content (AvgIpc) is 2.25. The van der Waals surface area contributed by atoms with E-state index in [0.29, 0.717) is 0 Å². The van der Waals surface area contributed by atoms with Crippen molar-refractivity contribution < 1.29 is 4.74 Å². The Balaban J connectivity index is 2.04. The molecule has 0 spiro atoms. The number of hydrogen-bond donors (Lipinski definition) is 3. The van der Waals surface area contributed by atoms with E-state index in [1.54, 1.807) is 0 Å². The fourth-order valence-electron chi connectivity index (χ4n) is 1.78. The van der Waals surface area contributed by atoms with Gasteiger partial charge >= 0.3 is 11.2 Å². The Kier molecular flexibility index (Phi) is 3.04. The topological polar surface area (TPSA) is 114 Å². The van der Waals surface area contributed by atoms with E-state index in [1.165, 1.54) is 0 Å². The standard InChI is InChI=1S/C9H14N4O3/c10-5-1-3-6(4-2-5)16-8-7(14)11-9(15)13-12-8/h5-6H,1-4,10H2,(H2,11,13,14,15). The van der Waals surface area contributed by atoms with Crippen molar-refractivity contribution in [2.24, 2.45) is 5.73 Å². The van der Waals surface area contributed by atoms with E-state index in [1.807, 2.05) is 0 Å². The molecule has 1 aliphatic rings. The number of H-pyrrole nitrogens is 2. The van der Waals surface area contributed by atoms with Crippen LogP contribution in [0.1, 0.15) is 25.7 Å². The minimum absolute atomic E-state index is 0.0423. The predicted octanol–water partition coefficient (Wildman–Crippen LogP) is -0.893. The number of ether oxygens (including phenoxy) is 1. The Morgan fingerprint density at radius 3 is 2.56 bits per heavy atom. The monoisotopic (exact) mass is 226 g/mol. The minimum Gasteiger partial charge on any atom is -0.469 e. The number of rotatable bonds is 2. The molecule has 7 nitrogen and oxygen atoms in total. The van der Waals surface area contributed by atoms with Gasteiger partial charge in [-0.3, -0.25) is 9.78 Å². The summed E-state index contributed by atoms with van der Waals surface area (Å²) >= 11 is 0. The molecule has 0 amide bonds. The highest BCUT2D eigenvalue weighted by molar-refractivity contribution is 5.00. The smallest absolute Gasteiger partial charge is 0.342 e. The van der Waals surface area contributed by atoms with Gasteiger partial charge in [-0.25, -0.2) is 9.89 Å². The lowest BCUT2D eigenvalue weighted by atomic mass is 9.94. The van der Waals surface area contributed by atoms with E-state index in [0.717, 1.165) is 25.7 Å². The van der Waals surface area contributed by atoms with Crippen LogP contribution in [0.5, 0.6) is 5.88 Å². The summed E-state index contributed by atoms with van der Waals surface area (Å²) in [6, 6.07) is 0.224. The average molecular weight is 226 g/mol. The molecule has 2 rings (SSSR count). The zero-order valence-electron chi connectivity index (χ0n) is 8.73. The maximum atomic E-state index is 11.3. The van der Waals surface area contributed by atoms with Crippen LogP contribution in [0.2, 0.25) is 0 Å². The van der Waals surface area contributed by atoms with Crippen molar-refractivity contribution in [1.82, 2.24) is 15.2 Å². The maximum Gasteiger partial charge on any atom is 0.342 e. The van der Waals surface area contributed by atoms with Crippen LogP contribution in [0.4, 0.5) is 0 Å². The zero-order valence-corrected chi connectivity index (χ0v) is 8.73. The molecule has 0 aromatic carbocycles. The van der Waals surface area contributed by atoms with Crippen LogP contribution in [0.3, 0.4) is 0 Å². The van der Waals surface area contributed by atoms with Crippen molar-refractivity contribution in [3.8, 4) is 5.88 Å². The summed E-state index contributed by atoms with van der Waals surface area (Å²) in [5.41, 5.74) is 4.52. The largest absolute Gasteiger partial charge is 0.469 e. The molecule has 16 heavy (non-hydrogen) atoms. The normalized spacial score (nSPS) is 25.3. The number of aromatic amines is 2. The van der Waals surface area contributed by atoms with E-state index in [9.17, 15) is 9.59 Å². The van der Waals surface area contributed by atoms with Crippen molar-refractivity contribution in [3.05, 3.63) is 20.8 Å². The van der Waals surface area contributed by atoms with Crippen LogP contribution < -0.4 is 21.7 Å². The molecule has 4 N–H and O–H groups in total. The Bertz CT molecular complexity index is 458. The molecular formula is C9H14N4O3. The summed E-state index contributed by atoms with van der Waals surface area (Å²) in [6.07, 6.45) is 3.33. The van der Waals surface area contributed by atoms with Gasteiger partial charge in [0.1, 0.15) is 6.10 Å². The van der Waals surface area contributed by atoms with Crippen molar-refractivity contribution in [1.29, 1.82) is 0 Å². The summed E-state index contributed by atoms with van der Waals surface area (Å²) in [6.45, 7) is 0. The lowest BCUT2D eigenvalue weighted by Crippen LogP contribution is -2.34. The molecule has 1 heterocycles. The van der Waals surface area contributed by atoms with E-state index < -0.39 is 11.2 Å². The molecule has 0 aliphatic heterocycles. The molecule has 1 aromatic heterocycles. The van der Waals surface area contributed by atoms with Gasteiger partial charge in [-0.1, -0.05) is 0 Å². The highest BCUT2D eigenvalue weighted by atomic mass is 16.5. The van der Waals surface area contributed by atoms with Crippen LogP contribution in [0.25, 0.3) is 0 Å². The summed E-state index contributed by atoms with van der Waals surface area (Å²) in [4.78, 5) is 24.1. The second kappa shape index (κ2) is 4.48. The number of nitrogens with zero attached hydrogens (tertiary/aromatic N) is 1.